The van der Waals surface area contributed by atoms with E-state index in [0.717, 1.165) is 23.1 Å². The van der Waals surface area contributed by atoms with Crippen molar-refractivity contribution in [1.29, 1.82) is 0 Å². The predicted octanol–water partition coefficient (Wildman–Crippen LogP) is 3.13. The molecule has 0 saturated carbocycles. The zero-order valence-corrected chi connectivity index (χ0v) is 11.7. The molecule has 2 heterocycles. The first-order valence-electron chi connectivity index (χ1n) is 6.71. The number of carbonyl (C=O) groups is 1. The van der Waals surface area contributed by atoms with Gasteiger partial charge in [0.05, 0.1) is 24.1 Å². The Balaban J connectivity index is 1.89. The number of benzene rings is 1. The van der Waals surface area contributed by atoms with Gasteiger partial charge in [-0.25, -0.2) is 0 Å². The van der Waals surface area contributed by atoms with Gasteiger partial charge in [-0.05, 0) is 30.3 Å². The highest BCUT2D eigenvalue weighted by Gasteiger charge is 2.11. The topological polar surface area (TPSA) is 56.4 Å². The van der Waals surface area contributed by atoms with E-state index in [1.54, 1.807) is 19.2 Å². The van der Waals surface area contributed by atoms with Crippen LogP contribution in [0.1, 0.15) is 10.6 Å². The quantitative estimate of drug-likeness (QED) is 0.783. The number of rotatable bonds is 5. The summed E-state index contributed by atoms with van der Waals surface area (Å²) in [5.41, 5.74) is 1.83. The summed E-state index contributed by atoms with van der Waals surface area (Å²) in [6.07, 6.45) is 3.48. The average molecular weight is 284 g/mol. The number of hydrogen-bond donors (Lipinski definition) is 1. The number of nitrogens with zero attached hydrogens (tertiary/aromatic N) is 1. The molecule has 0 radical (unpaired) electrons. The van der Waals surface area contributed by atoms with Crippen molar-refractivity contribution >= 4 is 22.5 Å². The summed E-state index contributed by atoms with van der Waals surface area (Å²) < 4.78 is 12.3. The minimum Gasteiger partial charge on any atom is -0.459 e. The highest BCUT2D eigenvalue weighted by atomic mass is 16.5. The summed E-state index contributed by atoms with van der Waals surface area (Å²) in [4.78, 5) is 12.1. The molecule has 1 amide bonds. The number of methoxy groups -OCH3 is 1. The molecule has 0 unspecified atom stereocenters. The van der Waals surface area contributed by atoms with Crippen molar-refractivity contribution in [3.63, 3.8) is 0 Å². The van der Waals surface area contributed by atoms with Crippen molar-refractivity contribution in [3.05, 3.63) is 54.6 Å². The number of anilines is 1. The Kier molecular flexibility index (Phi) is 3.75. The maximum Gasteiger partial charge on any atom is 0.291 e. The lowest BCUT2D eigenvalue weighted by Crippen LogP contribution is -2.11. The van der Waals surface area contributed by atoms with E-state index in [2.05, 4.69) is 9.88 Å². The molecular formula is C16H16N2O3. The van der Waals surface area contributed by atoms with Crippen molar-refractivity contribution < 1.29 is 13.9 Å². The van der Waals surface area contributed by atoms with Crippen LogP contribution < -0.4 is 5.32 Å². The molecule has 1 aromatic carbocycles. The van der Waals surface area contributed by atoms with Gasteiger partial charge in [0.1, 0.15) is 0 Å². The van der Waals surface area contributed by atoms with Crippen LogP contribution in [-0.4, -0.2) is 24.2 Å². The molecule has 1 N–H and O–H groups in total. The Bertz CT molecular complexity index is 744. The van der Waals surface area contributed by atoms with Gasteiger partial charge >= 0.3 is 0 Å². The molecule has 0 aliphatic heterocycles. The van der Waals surface area contributed by atoms with Crippen molar-refractivity contribution in [3.8, 4) is 0 Å². The van der Waals surface area contributed by atoms with Gasteiger partial charge in [-0.15, -0.1) is 0 Å². The molecule has 5 heteroatoms. The summed E-state index contributed by atoms with van der Waals surface area (Å²) >= 11 is 0. The van der Waals surface area contributed by atoms with Crippen molar-refractivity contribution in [1.82, 2.24) is 4.57 Å². The maximum atomic E-state index is 12.1. The number of furan rings is 1. The molecule has 0 bridgehead atoms. The molecule has 2 aromatic heterocycles. The van der Waals surface area contributed by atoms with E-state index in [-0.39, 0.29) is 5.91 Å². The number of hydrogen-bond acceptors (Lipinski definition) is 3. The first-order chi connectivity index (χ1) is 10.3. The fourth-order valence-electron chi connectivity index (χ4n) is 2.31. The van der Waals surface area contributed by atoms with E-state index in [4.69, 9.17) is 9.15 Å². The molecular weight excluding hydrogens is 268 g/mol. The van der Waals surface area contributed by atoms with Crippen molar-refractivity contribution in [2.75, 3.05) is 19.0 Å². The lowest BCUT2D eigenvalue weighted by atomic mass is 10.2. The molecule has 108 valence electrons. The van der Waals surface area contributed by atoms with E-state index < -0.39 is 0 Å². The van der Waals surface area contributed by atoms with E-state index in [0.29, 0.717) is 12.4 Å². The number of ether oxygens (including phenoxy) is 1. The second-order valence-electron chi connectivity index (χ2n) is 4.67. The molecule has 3 rings (SSSR count). The minimum absolute atomic E-state index is 0.253. The fraction of sp³-hybridized carbons (Fsp3) is 0.188. The first kappa shape index (κ1) is 13.5. The molecule has 3 aromatic rings. The van der Waals surface area contributed by atoms with Crippen molar-refractivity contribution in [2.24, 2.45) is 0 Å². The number of carbonyl (C=O) groups excluding carboxylic acids is 1. The van der Waals surface area contributed by atoms with Crippen LogP contribution in [0.4, 0.5) is 5.69 Å². The number of nitrogens with one attached hydrogen (secondary N) is 1. The Labute approximate surface area is 122 Å². The predicted molar refractivity (Wildman–Crippen MR) is 80.5 cm³/mol. The summed E-state index contributed by atoms with van der Waals surface area (Å²) in [6, 6.07) is 11.1. The molecule has 0 saturated heterocycles. The molecule has 5 nitrogen and oxygen atoms in total. The van der Waals surface area contributed by atoms with Crippen LogP contribution >= 0.6 is 0 Å². The van der Waals surface area contributed by atoms with Gasteiger partial charge in [-0.1, -0.05) is 6.07 Å². The fourth-order valence-corrected chi connectivity index (χ4v) is 2.31. The van der Waals surface area contributed by atoms with Crippen molar-refractivity contribution in [2.45, 2.75) is 6.54 Å². The van der Waals surface area contributed by atoms with Crippen LogP contribution in [0, 0.1) is 0 Å². The van der Waals surface area contributed by atoms with E-state index >= 15 is 0 Å². The van der Waals surface area contributed by atoms with Gasteiger partial charge in [-0.3, -0.25) is 4.79 Å². The van der Waals surface area contributed by atoms with Gasteiger partial charge in [0.15, 0.2) is 5.76 Å². The van der Waals surface area contributed by atoms with Gasteiger partial charge in [0.25, 0.3) is 5.91 Å². The molecule has 0 aliphatic carbocycles. The third kappa shape index (κ3) is 2.68. The summed E-state index contributed by atoms with van der Waals surface area (Å²) in [5.74, 6) is 0.0444. The number of amides is 1. The SMILES string of the molecule is COCCn1ccc2c(NC(=O)c3ccco3)cccc21. The van der Waals surface area contributed by atoms with Crippen LogP contribution in [0.25, 0.3) is 10.9 Å². The Morgan fingerprint density at radius 1 is 1.29 bits per heavy atom. The van der Waals surface area contributed by atoms with E-state index in [1.165, 1.54) is 6.26 Å². The standard InChI is InChI=1S/C16H16N2O3/c1-20-11-9-18-8-7-12-13(4-2-5-14(12)18)17-16(19)15-6-3-10-21-15/h2-8,10H,9,11H2,1H3,(H,17,19). The Hall–Kier alpha value is -2.53. The van der Waals surface area contributed by atoms with Crippen LogP contribution in [-0.2, 0) is 11.3 Å². The highest BCUT2D eigenvalue weighted by Crippen LogP contribution is 2.25. The van der Waals surface area contributed by atoms with Crippen LogP contribution in [0.3, 0.4) is 0 Å². The van der Waals surface area contributed by atoms with Gasteiger partial charge in [0.2, 0.25) is 0 Å². The molecule has 21 heavy (non-hydrogen) atoms. The lowest BCUT2D eigenvalue weighted by molar-refractivity contribution is 0.0997. The molecule has 0 aliphatic rings. The van der Waals surface area contributed by atoms with Gasteiger partial charge in [-0.2, -0.15) is 0 Å². The molecule has 0 fully saturated rings. The third-order valence-corrected chi connectivity index (χ3v) is 3.34. The second-order valence-corrected chi connectivity index (χ2v) is 4.67. The normalized spacial score (nSPS) is 10.9. The van der Waals surface area contributed by atoms with E-state index in [1.807, 2.05) is 30.5 Å². The maximum absolute atomic E-state index is 12.1. The summed E-state index contributed by atoms with van der Waals surface area (Å²) in [6.45, 7) is 1.42. The van der Waals surface area contributed by atoms with Crippen LogP contribution in [0.15, 0.2) is 53.3 Å². The third-order valence-electron chi connectivity index (χ3n) is 3.34. The van der Waals surface area contributed by atoms with Gasteiger partial charge in [0, 0.05) is 25.2 Å². The molecule has 0 spiro atoms. The largest absolute Gasteiger partial charge is 0.459 e. The van der Waals surface area contributed by atoms with Gasteiger partial charge < -0.3 is 19.0 Å². The Morgan fingerprint density at radius 2 is 2.19 bits per heavy atom. The number of fused-ring (bicyclic) bond motifs is 1. The highest BCUT2D eigenvalue weighted by molar-refractivity contribution is 6.07. The summed E-state index contributed by atoms with van der Waals surface area (Å²) in [5, 5.41) is 3.87. The summed E-state index contributed by atoms with van der Waals surface area (Å²) in [7, 11) is 1.68. The molecule has 0 atom stereocenters. The number of aromatic nitrogens is 1. The zero-order chi connectivity index (χ0) is 14.7. The van der Waals surface area contributed by atoms with Crippen LogP contribution in [0.2, 0.25) is 0 Å². The smallest absolute Gasteiger partial charge is 0.291 e. The van der Waals surface area contributed by atoms with Crippen LogP contribution in [0.5, 0.6) is 0 Å². The van der Waals surface area contributed by atoms with E-state index in [9.17, 15) is 4.79 Å². The Morgan fingerprint density at radius 3 is 2.95 bits per heavy atom. The zero-order valence-electron chi connectivity index (χ0n) is 11.7. The minimum atomic E-state index is -0.253. The second kappa shape index (κ2) is 5.85. The average Bonchev–Trinajstić information content (AvgIpc) is 3.15. The lowest BCUT2D eigenvalue weighted by Gasteiger charge is -2.07. The monoisotopic (exact) mass is 284 g/mol. The first-order valence-corrected chi connectivity index (χ1v) is 6.71.